The van der Waals surface area contributed by atoms with E-state index >= 15 is 0 Å². The van der Waals surface area contributed by atoms with E-state index in [2.05, 4.69) is 42.2 Å². The number of nitrogens with two attached hydrogens (primary N) is 1. The predicted molar refractivity (Wildman–Crippen MR) is 137 cm³/mol. The molecule has 31 heavy (non-hydrogen) atoms. The highest BCUT2D eigenvalue weighted by Crippen LogP contribution is 2.22. The molecular formula is C23H34IN7. The van der Waals surface area contributed by atoms with Crippen LogP contribution in [-0.4, -0.2) is 46.8 Å². The molecule has 2 aromatic rings. The Labute approximate surface area is 202 Å². The van der Waals surface area contributed by atoms with Crippen LogP contribution in [0.4, 0.5) is 5.82 Å². The predicted octanol–water partition coefficient (Wildman–Crippen LogP) is 3.82. The summed E-state index contributed by atoms with van der Waals surface area (Å²) in [6.45, 7) is 10.4. The number of aromatic nitrogens is 2. The quantitative estimate of drug-likeness (QED) is 0.254. The molecule has 1 aliphatic rings. The maximum atomic E-state index is 9.57. The van der Waals surface area contributed by atoms with Gasteiger partial charge in [-0.25, -0.2) is 4.68 Å². The Morgan fingerprint density at radius 1 is 1.26 bits per heavy atom. The van der Waals surface area contributed by atoms with Gasteiger partial charge in [-0.15, -0.1) is 24.0 Å². The number of nitrogens with zero attached hydrogens (tertiary/aromatic N) is 5. The second-order valence-corrected chi connectivity index (χ2v) is 8.26. The molecule has 0 radical (unpaired) electrons. The SMILES string of the molecule is CCNC(=NCCCc1nn(-c2ccccc2)c(N)c1C#N)N1CC(C)CC(C)C1.I. The van der Waals surface area contributed by atoms with Gasteiger partial charge >= 0.3 is 0 Å². The molecule has 168 valence electrons. The number of hydrogen-bond donors (Lipinski definition) is 2. The van der Waals surface area contributed by atoms with Crippen molar-refractivity contribution < 1.29 is 0 Å². The average Bonchev–Trinajstić information content (AvgIpc) is 3.05. The fourth-order valence-electron chi connectivity index (χ4n) is 4.23. The maximum Gasteiger partial charge on any atom is 0.193 e. The number of aryl methyl sites for hydroxylation is 1. The van der Waals surface area contributed by atoms with Gasteiger partial charge < -0.3 is 16.0 Å². The number of rotatable bonds is 6. The van der Waals surface area contributed by atoms with Gasteiger partial charge in [0.1, 0.15) is 17.5 Å². The van der Waals surface area contributed by atoms with Crippen molar-refractivity contribution >= 4 is 35.8 Å². The van der Waals surface area contributed by atoms with E-state index in [1.807, 2.05) is 30.3 Å². The molecule has 1 aromatic heterocycles. The fraction of sp³-hybridized carbons (Fsp3) is 0.522. The van der Waals surface area contributed by atoms with Gasteiger partial charge in [0.25, 0.3) is 0 Å². The number of aliphatic imine (C=N–C) groups is 1. The third-order valence-corrected chi connectivity index (χ3v) is 5.44. The summed E-state index contributed by atoms with van der Waals surface area (Å²) in [7, 11) is 0. The van der Waals surface area contributed by atoms with Gasteiger partial charge in [-0.3, -0.25) is 4.99 Å². The molecule has 2 heterocycles. The number of para-hydroxylation sites is 1. The number of piperidine rings is 1. The second-order valence-electron chi connectivity index (χ2n) is 8.26. The topological polar surface area (TPSA) is 95.3 Å². The summed E-state index contributed by atoms with van der Waals surface area (Å²) >= 11 is 0. The summed E-state index contributed by atoms with van der Waals surface area (Å²) in [6.07, 6.45) is 2.76. The normalized spacial score (nSPS) is 18.9. The van der Waals surface area contributed by atoms with Gasteiger partial charge in [0, 0.05) is 26.2 Å². The first-order valence-corrected chi connectivity index (χ1v) is 10.9. The fourth-order valence-corrected chi connectivity index (χ4v) is 4.23. The Balaban J connectivity index is 0.00000341. The van der Waals surface area contributed by atoms with Crippen LogP contribution < -0.4 is 11.1 Å². The zero-order chi connectivity index (χ0) is 21.5. The van der Waals surface area contributed by atoms with E-state index in [1.165, 1.54) is 6.42 Å². The zero-order valence-electron chi connectivity index (χ0n) is 18.7. The lowest BCUT2D eigenvalue weighted by molar-refractivity contribution is 0.208. The van der Waals surface area contributed by atoms with E-state index in [1.54, 1.807) is 4.68 Å². The van der Waals surface area contributed by atoms with E-state index < -0.39 is 0 Å². The molecule has 7 nitrogen and oxygen atoms in total. The molecule has 2 unspecified atom stereocenters. The van der Waals surface area contributed by atoms with Crippen molar-refractivity contribution in [2.45, 2.75) is 40.0 Å². The van der Waals surface area contributed by atoms with E-state index in [9.17, 15) is 5.26 Å². The van der Waals surface area contributed by atoms with Crippen molar-refractivity contribution in [3.8, 4) is 11.8 Å². The van der Waals surface area contributed by atoms with Crippen molar-refractivity contribution in [2.75, 3.05) is 31.9 Å². The van der Waals surface area contributed by atoms with E-state index in [0.29, 0.717) is 36.2 Å². The number of guanidine groups is 1. The lowest BCUT2D eigenvalue weighted by Crippen LogP contribution is -2.48. The van der Waals surface area contributed by atoms with Gasteiger partial charge in [-0.2, -0.15) is 10.4 Å². The molecule has 3 N–H and O–H groups in total. The molecule has 0 aliphatic carbocycles. The Morgan fingerprint density at radius 2 is 1.94 bits per heavy atom. The molecular weight excluding hydrogens is 501 g/mol. The van der Waals surface area contributed by atoms with Gasteiger partial charge in [0.15, 0.2) is 5.96 Å². The minimum Gasteiger partial charge on any atom is -0.382 e. The first-order valence-electron chi connectivity index (χ1n) is 10.9. The number of nitrogens with one attached hydrogen (secondary N) is 1. The molecule has 1 fully saturated rings. The van der Waals surface area contributed by atoms with Gasteiger partial charge in [0.05, 0.1) is 11.4 Å². The zero-order valence-corrected chi connectivity index (χ0v) is 21.0. The summed E-state index contributed by atoms with van der Waals surface area (Å²) in [5.41, 5.74) is 8.26. The van der Waals surface area contributed by atoms with Crippen LogP contribution in [-0.2, 0) is 6.42 Å². The Bertz CT molecular complexity index is 891. The number of hydrogen-bond acceptors (Lipinski definition) is 4. The van der Waals surface area contributed by atoms with E-state index in [4.69, 9.17) is 10.7 Å². The van der Waals surface area contributed by atoms with Crippen molar-refractivity contribution in [1.82, 2.24) is 20.0 Å². The Morgan fingerprint density at radius 3 is 2.55 bits per heavy atom. The summed E-state index contributed by atoms with van der Waals surface area (Å²) < 4.78 is 1.65. The molecule has 1 aromatic carbocycles. The van der Waals surface area contributed by atoms with Crippen molar-refractivity contribution in [3.05, 3.63) is 41.6 Å². The summed E-state index contributed by atoms with van der Waals surface area (Å²) in [5, 5.41) is 17.6. The van der Waals surface area contributed by atoms with Crippen LogP contribution in [0, 0.1) is 23.2 Å². The third-order valence-electron chi connectivity index (χ3n) is 5.44. The Kier molecular flexibility index (Phi) is 9.62. The first-order chi connectivity index (χ1) is 14.5. The number of benzene rings is 1. The number of halogens is 1. The monoisotopic (exact) mass is 535 g/mol. The average molecular weight is 535 g/mol. The molecule has 1 aliphatic heterocycles. The number of anilines is 1. The number of nitrogen functional groups attached to an aromatic ring is 1. The van der Waals surface area contributed by atoms with Crippen LogP contribution in [0.25, 0.3) is 5.69 Å². The smallest absolute Gasteiger partial charge is 0.193 e. The van der Waals surface area contributed by atoms with Crippen LogP contribution in [0.15, 0.2) is 35.3 Å². The molecule has 3 rings (SSSR count). The highest BCUT2D eigenvalue weighted by atomic mass is 127. The molecule has 0 spiro atoms. The van der Waals surface area contributed by atoms with Crippen LogP contribution in [0.2, 0.25) is 0 Å². The minimum absolute atomic E-state index is 0. The molecule has 2 atom stereocenters. The largest absolute Gasteiger partial charge is 0.382 e. The number of likely N-dealkylation sites (tertiary alicyclic amines) is 1. The molecule has 0 saturated carbocycles. The lowest BCUT2D eigenvalue weighted by atomic mass is 9.92. The standard InChI is InChI=1S/C23H33N7.HI/c1-4-26-23(29-15-17(2)13-18(3)16-29)27-12-8-11-21-20(14-24)22(25)30(28-21)19-9-6-5-7-10-19;/h5-7,9-10,17-18H,4,8,11-13,15-16,25H2,1-3H3,(H,26,27);1H. The summed E-state index contributed by atoms with van der Waals surface area (Å²) in [6, 6.07) is 11.9. The van der Waals surface area contributed by atoms with Crippen LogP contribution >= 0.6 is 24.0 Å². The minimum atomic E-state index is 0. The number of nitriles is 1. The Hall–Kier alpha value is -2.28. The molecule has 0 bridgehead atoms. The summed E-state index contributed by atoms with van der Waals surface area (Å²) in [4.78, 5) is 7.23. The second kappa shape index (κ2) is 11.9. The highest BCUT2D eigenvalue weighted by molar-refractivity contribution is 14.0. The van der Waals surface area contributed by atoms with E-state index in [0.717, 1.165) is 43.4 Å². The van der Waals surface area contributed by atoms with Crippen molar-refractivity contribution in [2.24, 2.45) is 16.8 Å². The summed E-state index contributed by atoms with van der Waals surface area (Å²) in [5.74, 6) is 2.75. The van der Waals surface area contributed by atoms with Gasteiger partial charge in [-0.05, 0) is 50.2 Å². The van der Waals surface area contributed by atoms with Crippen LogP contribution in [0.5, 0.6) is 0 Å². The van der Waals surface area contributed by atoms with Crippen LogP contribution in [0.3, 0.4) is 0 Å². The van der Waals surface area contributed by atoms with Crippen molar-refractivity contribution in [1.29, 1.82) is 5.26 Å². The lowest BCUT2D eigenvalue weighted by Gasteiger charge is -2.37. The maximum absolute atomic E-state index is 9.57. The first kappa shape index (κ1) is 25.0. The van der Waals surface area contributed by atoms with Crippen LogP contribution in [0.1, 0.15) is 44.9 Å². The highest BCUT2D eigenvalue weighted by Gasteiger charge is 2.24. The molecule has 8 heteroatoms. The van der Waals surface area contributed by atoms with Gasteiger partial charge in [-0.1, -0.05) is 32.0 Å². The van der Waals surface area contributed by atoms with Gasteiger partial charge in [0.2, 0.25) is 0 Å². The molecule has 1 saturated heterocycles. The molecule has 0 amide bonds. The third kappa shape index (κ3) is 6.35. The van der Waals surface area contributed by atoms with Crippen molar-refractivity contribution in [3.63, 3.8) is 0 Å². The van der Waals surface area contributed by atoms with E-state index in [-0.39, 0.29) is 24.0 Å².